The maximum atomic E-state index is 12.8. The van der Waals surface area contributed by atoms with Crippen LogP contribution in [0.1, 0.15) is 36.7 Å². The van der Waals surface area contributed by atoms with E-state index in [-0.39, 0.29) is 22.3 Å². The standard InChI is InChI=1S/C19H20N2O4S/c1-12(22)14-7-5-6-8-16(14)20-26(24,25)13-9-10-17-15(11-13)19(2,3)18(23)21(17)4/h5-11,20H,1-4H3. The minimum Gasteiger partial charge on any atom is -0.314 e. The number of Topliss-reactive ketones (excluding diaryl/α,β-unsaturated/α-hetero) is 1. The lowest BCUT2D eigenvalue weighted by Gasteiger charge is -2.17. The summed E-state index contributed by atoms with van der Waals surface area (Å²) in [6.07, 6.45) is 0. The van der Waals surface area contributed by atoms with Crippen molar-refractivity contribution < 1.29 is 18.0 Å². The number of para-hydroxylation sites is 1. The molecule has 0 radical (unpaired) electrons. The molecule has 6 nitrogen and oxygen atoms in total. The Labute approximate surface area is 152 Å². The Morgan fingerprint density at radius 3 is 2.42 bits per heavy atom. The summed E-state index contributed by atoms with van der Waals surface area (Å²) in [6, 6.07) is 11.1. The quantitative estimate of drug-likeness (QED) is 0.837. The van der Waals surface area contributed by atoms with Gasteiger partial charge in [-0.25, -0.2) is 8.42 Å². The van der Waals surface area contributed by atoms with Crippen LogP contribution in [0.3, 0.4) is 0 Å². The van der Waals surface area contributed by atoms with E-state index in [1.54, 1.807) is 51.2 Å². The van der Waals surface area contributed by atoms with Crippen molar-refractivity contribution in [3.63, 3.8) is 0 Å². The molecule has 2 aromatic rings. The van der Waals surface area contributed by atoms with Gasteiger partial charge in [-0.05, 0) is 56.7 Å². The summed E-state index contributed by atoms with van der Waals surface area (Å²) in [4.78, 5) is 25.7. The Bertz CT molecular complexity index is 1030. The summed E-state index contributed by atoms with van der Waals surface area (Å²) in [5.74, 6) is -0.317. The van der Waals surface area contributed by atoms with Gasteiger partial charge in [0, 0.05) is 18.3 Å². The minimum atomic E-state index is -3.91. The summed E-state index contributed by atoms with van der Waals surface area (Å²) in [5.41, 5.74) is 1.09. The van der Waals surface area contributed by atoms with Crippen molar-refractivity contribution in [1.29, 1.82) is 0 Å². The molecule has 3 rings (SSSR count). The molecular formula is C19H20N2O4S. The van der Waals surface area contributed by atoms with Crippen molar-refractivity contribution in [3.05, 3.63) is 53.6 Å². The average Bonchev–Trinajstić information content (AvgIpc) is 2.75. The number of amides is 1. The van der Waals surface area contributed by atoms with Gasteiger partial charge in [0.2, 0.25) is 5.91 Å². The van der Waals surface area contributed by atoms with Crippen LogP contribution in [0.4, 0.5) is 11.4 Å². The first-order chi connectivity index (χ1) is 12.1. The van der Waals surface area contributed by atoms with Gasteiger partial charge in [-0.3, -0.25) is 14.3 Å². The van der Waals surface area contributed by atoms with Crippen LogP contribution < -0.4 is 9.62 Å². The van der Waals surface area contributed by atoms with E-state index < -0.39 is 15.4 Å². The highest BCUT2D eigenvalue weighted by Crippen LogP contribution is 2.41. The number of hydrogen-bond donors (Lipinski definition) is 1. The first-order valence-electron chi connectivity index (χ1n) is 8.11. The molecule has 0 aromatic heterocycles. The minimum absolute atomic E-state index is 0.0470. The van der Waals surface area contributed by atoms with Crippen molar-refractivity contribution in [2.75, 3.05) is 16.7 Å². The fourth-order valence-corrected chi connectivity index (χ4v) is 4.31. The molecule has 1 amide bonds. The van der Waals surface area contributed by atoms with Crippen LogP contribution in [-0.4, -0.2) is 27.2 Å². The zero-order valence-electron chi connectivity index (χ0n) is 15.0. The van der Waals surface area contributed by atoms with Gasteiger partial charge in [0.15, 0.2) is 5.78 Å². The van der Waals surface area contributed by atoms with E-state index in [0.29, 0.717) is 16.8 Å². The molecule has 136 valence electrons. The average molecular weight is 372 g/mol. The van der Waals surface area contributed by atoms with Crippen molar-refractivity contribution in [1.82, 2.24) is 0 Å². The predicted molar refractivity (Wildman–Crippen MR) is 100 cm³/mol. The molecular weight excluding hydrogens is 352 g/mol. The van der Waals surface area contributed by atoms with Crippen LogP contribution >= 0.6 is 0 Å². The smallest absolute Gasteiger partial charge is 0.261 e. The molecule has 0 spiro atoms. The summed E-state index contributed by atoms with van der Waals surface area (Å²) in [7, 11) is -2.24. The third-order valence-corrected chi connectivity index (χ3v) is 6.07. The first kappa shape index (κ1) is 18.1. The van der Waals surface area contributed by atoms with Crippen molar-refractivity contribution in [2.24, 2.45) is 0 Å². The molecule has 0 saturated heterocycles. The fourth-order valence-electron chi connectivity index (χ4n) is 3.20. The number of nitrogens with one attached hydrogen (secondary N) is 1. The molecule has 26 heavy (non-hydrogen) atoms. The predicted octanol–water partition coefficient (Wildman–Crippen LogP) is 2.94. The van der Waals surface area contributed by atoms with E-state index >= 15 is 0 Å². The lowest BCUT2D eigenvalue weighted by atomic mass is 9.86. The highest BCUT2D eigenvalue weighted by atomic mass is 32.2. The van der Waals surface area contributed by atoms with Crippen LogP contribution in [0, 0.1) is 0 Å². The number of carbonyl (C=O) groups is 2. The lowest BCUT2D eigenvalue weighted by Crippen LogP contribution is -2.33. The van der Waals surface area contributed by atoms with Crippen LogP contribution in [-0.2, 0) is 20.2 Å². The van der Waals surface area contributed by atoms with Crippen LogP contribution in [0.25, 0.3) is 0 Å². The van der Waals surface area contributed by atoms with E-state index in [2.05, 4.69) is 4.72 Å². The number of nitrogens with zero attached hydrogens (tertiary/aromatic N) is 1. The Kier molecular flexibility index (Phi) is 4.15. The molecule has 1 aliphatic rings. The van der Waals surface area contributed by atoms with E-state index in [1.807, 2.05) is 0 Å². The van der Waals surface area contributed by atoms with Crippen LogP contribution in [0.2, 0.25) is 0 Å². The maximum absolute atomic E-state index is 12.8. The summed E-state index contributed by atoms with van der Waals surface area (Å²) < 4.78 is 28.1. The molecule has 0 saturated carbocycles. The van der Waals surface area contributed by atoms with Crippen LogP contribution in [0.5, 0.6) is 0 Å². The molecule has 0 atom stereocenters. The maximum Gasteiger partial charge on any atom is 0.261 e. The second-order valence-electron chi connectivity index (χ2n) is 6.88. The van der Waals surface area contributed by atoms with Gasteiger partial charge in [0.1, 0.15) is 0 Å². The highest BCUT2D eigenvalue weighted by Gasteiger charge is 2.42. The molecule has 0 fully saturated rings. The topological polar surface area (TPSA) is 83.5 Å². The van der Waals surface area contributed by atoms with Crippen LogP contribution in [0.15, 0.2) is 47.4 Å². The first-order valence-corrected chi connectivity index (χ1v) is 9.59. The second-order valence-corrected chi connectivity index (χ2v) is 8.56. The van der Waals surface area contributed by atoms with E-state index in [1.165, 1.54) is 24.0 Å². The van der Waals surface area contributed by atoms with E-state index in [0.717, 1.165) is 0 Å². The Morgan fingerprint density at radius 2 is 1.77 bits per heavy atom. The molecule has 0 unspecified atom stereocenters. The normalized spacial score (nSPS) is 15.7. The monoisotopic (exact) mass is 372 g/mol. The van der Waals surface area contributed by atoms with Gasteiger partial charge < -0.3 is 4.90 Å². The number of sulfonamides is 1. The number of carbonyl (C=O) groups excluding carboxylic acids is 2. The second kappa shape index (κ2) is 5.95. The van der Waals surface area contributed by atoms with Crippen molar-refractivity contribution >= 4 is 33.1 Å². The molecule has 1 heterocycles. The molecule has 0 bridgehead atoms. The summed E-state index contributed by atoms with van der Waals surface area (Å²) in [5, 5.41) is 0. The largest absolute Gasteiger partial charge is 0.314 e. The Morgan fingerprint density at radius 1 is 1.12 bits per heavy atom. The Balaban J connectivity index is 2.04. The van der Waals surface area contributed by atoms with Gasteiger partial charge in [-0.1, -0.05) is 12.1 Å². The molecule has 1 N–H and O–H groups in total. The summed E-state index contributed by atoms with van der Waals surface area (Å²) >= 11 is 0. The van der Waals surface area contributed by atoms with E-state index in [4.69, 9.17) is 0 Å². The van der Waals surface area contributed by atoms with Crippen molar-refractivity contribution in [2.45, 2.75) is 31.1 Å². The molecule has 1 aliphatic heterocycles. The van der Waals surface area contributed by atoms with Gasteiger partial charge in [0.05, 0.1) is 16.0 Å². The third kappa shape index (κ3) is 2.78. The molecule has 2 aromatic carbocycles. The fraction of sp³-hybridized carbons (Fsp3) is 0.263. The van der Waals surface area contributed by atoms with E-state index in [9.17, 15) is 18.0 Å². The number of rotatable bonds is 4. The zero-order chi connectivity index (χ0) is 19.3. The molecule has 7 heteroatoms. The number of ketones is 1. The lowest BCUT2D eigenvalue weighted by molar-refractivity contribution is -0.121. The number of benzene rings is 2. The number of hydrogen-bond acceptors (Lipinski definition) is 4. The Hall–Kier alpha value is -2.67. The van der Waals surface area contributed by atoms with Gasteiger partial charge in [0.25, 0.3) is 10.0 Å². The molecule has 0 aliphatic carbocycles. The highest BCUT2D eigenvalue weighted by molar-refractivity contribution is 7.92. The number of likely N-dealkylation sites (N-methyl/N-ethyl adjacent to an activating group) is 1. The van der Waals surface area contributed by atoms with Crippen molar-refractivity contribution in [3.8, 4) is 0 Å². The third-order valence-electron chi connectivity index (χ3n) is 4.70. The van der Waals surface area contributed by atoms with Gasteiger partial charge in [-0.15, -0.1) is 0 Å². The zero-order valence-corrected chi connectivity index (χ0v) is 15.8. The summed E-state index contributed by atoms with van der Waals surface area (Å²) in [6.45, 7) is 4.92. The van der Waals surface area contributed by atoms with Gasteiger partial charge >= 0.3 is 0 Å². The number of anilines is 2. The SMILES string of the molecule is CC(=O)c1ccccc1NS(=O)(=O)c1ccc2c(c1)C(C)(C)C(=O)N2C. The van der Waals surface area contributed by atoms with Gasteiger partial charge in [-0.2, -0.15) is 0 Å². The number of fused-ring (bicyclic) bond motifs is 1.